The summed E-state index contributed by atoms with van der Waals surface area (Å²) in [4.78, 5) is 13.9. The predicted octanol–water partition coefficient (Wildman–Crippen LogP) is 1.56. The first-order valence-corrected chi connectivity index (χ1v) is 7.18. The van der Waals surface area contributed by atoms with Crippen LogP contribution >= 0.6 is 0 Å². The van der Waals surface area contributed by atoms with Crippen LogP contribution in [-0.4, -0.2) is 47.3 Å². The summed E-state index contributed by atoms with van der Waals surface area (Å²) in [5.41, 5.74) is 0. The Hall–Kier alpha value is -0.610. The maximum absolute atomic E-state index is 12.1. The Morgan fingerprint density at radius 1 is 1.39 bits per heavy atom. The topological polar surface area (TPSA) is 49.8 Å². The number of carbonyl (C=O) groups is 1. The fraction of sp³-hybridized carbons (Fsp3) is 0.929. The van der Waals surface area contributed by atoms with Crippen LogP contribution in [0.4, 0.5) is 0 Å². The van der Waals surface area contributed by atoms with Crippen molar-refractivity contribution >= 4 is 5.91 Å². The van der Waals surface area contributed by atoms with Gasteiger partial charge < -0.3 is 14.7 Å². The summed E-state index contributed by atoms with van der Waals surface area (Å²) in [6.45, 7) is 5.22. The maximum Gasteiger partial charge on any atom is 0.251 e. The number of hydrogen-bond acceptors (Lipinski definition) is 3. The van der Waals surface area contributed by atoms with Crippen LogP contribution in [0.3, 0.4) is 0 Å². The van der Waals surface area contributed by atoms with E-state index >= 15 is 0 Å². The number of β-amino-alcohol motifs (C(OH)–C–C–N with tert-alkyl or cyclic N) is 1. The number of ether oxygens (including phenoxy) is 1. The molecule has 1 aliphatic carbocycles. The molecule has 1 amide bonds. The standard InChI is InChI=1S/C14H25NO3/c1-10-4-3-5-13(8-10)18-11(2)14(17)15-7-6-12(16)9-15/h10-13,16H,3-9H2,1-2H3/t10?,11?,12-,13?/m1/s1. The van der Waals surface area contributed by atoms with E-state index in [2.05, 4.69) is 6.92 Å². The van der Waals surface area contributed by atoms with Crippen LogP contribution in [0, 0.1) is 5.92 Å². The van der Waals surface area contributed by atoms with Gasteiger partial charge in [-0.3, -0.25) is 4.79 Å². The summed E-state index contributed by atoms with van der Waals surface area (Å²) in [5.74, 6) is 0.740. The van der Waals surface area contributed by atoms with Gasteiger partial charge in [0.05, 0.1) is 12.2 Å². The van der Waals surface area contributed by atoms with E-state index in [1.54, 1.807) is 4.90 Å². The number of rotatable bonds is 3. The number of carbonyl (C=O) groups excluding carboxylic acids is 1. The maximum atomic E-state index is 12.1. The Balaban J connectivity index is 1.79. The minimum absolute atomic E-state index is 0.0322. The smallest absolute Gasteiger partial charge is 0.251 e. The molecule has 2 fully saturated rings. The summed E-state index contributed by atoms with van der Waals surface area (Å²) in [5, 5.41) is 9.45. The molecule has 0 radical (unpaired) electrons. The predicted molar refractivity (Wildman–Crippen MR) is 69.2 cm³/mol. The molecule has 3 unspecified atom stereocenters. The van der Waals surface area contributed by atoms with Gasteiger partial charge in [0.1, 0.15) is 6.10 Å². The third-order valence-electron chi connectivity index (χ3n) is 4.11. The first-order valence-electron chi connectivity index (χ1n) is 7.18. The van der Waals surface area contributed by atoms with E-state index in [0.29, 0.717) is 25.4 Å². The average Bonchev–Trinajstić information content (AvgIpc) is 2.75. The van der Waals surface area contributed by atoms with E-state index in [1.165, 1.54) is 12.8 Å². The van der Waals surface area contributed by atoms with E-state index in [0.717, 1.165) is 12.8 Å². The van der Waals surface area contributed by atoms with Gasteiger partial charge in [-0.2, -0.15) is 0 Å². The molecule has 104 valence electrons. The van der Waals surface area contributed by atoms with Gasteiger partial charge in [0.2, 0.25) is 0 Å². The highest BCUT2D eigenvalue weighted by molar-refractivity contribution is 5.80. The van der Waals surface area contributed by atoms with Crippen molar-refractivity contribution in [2.45, 2.75) is 64.3 Å². The lowest BCUT2D eigenvalue weighted by molar-refractivity contribution is -0.147. The second-order valence-electron chi connectivity index (χ2n) is 5.90. The highest BCUT2D eigenvalue weighted by Crippen LogP contribution is 2.27. The van der Waals surface area contributed by atoms with Crippen LogP contribution in [-0.2, 0) is 9.53 Å². The van der Waals surface area contributed by atoms with Crippen LogP contribution in [0.25, 0.3) is 0 Å². The van der Waals surface area contributed by atoms with Gasteiger partial charge in [-0.15, -0.1) is 0 Å². The zero-order valence-corrected chi connectivity index (χ0v) is 11.5. The molecule has 1 heterocycles. The molecule has 2 rings (SSSR count). The Morgan fingerprint density at radius 3 is 2.78 bits per heavy atom. The summed E-state index contributed by atoms with van der Waals surface area (Å²) in [6, 6.07) is 0. The SMILES string of the molecule is CC1CCCC(OC(C)C(=O)N2CC[C@@H](O)C2)C1. The Labute approximate surface area is 109 Å². The number of aliphatic hydroxyl groups is 1. The minimum atomic E-state index is -0.370. The summed E-state index contributed by atoms with van der Waals surface area (Å²) < 4.78 is 5.90. The van der Waals surface area contributed by atoms with Crippen molar-refractivity contribution in [1.29, 1.82) is 0 Å². The van der Waals surface area contributed by atoms with Crippen molar-refractivity contribution in [2.75, 3.05) is 13.1 Å². The lowest BCUT2D eigenvalue weighted by Gasteiger charge is -2.30. The van der Waals surface area contributed by atoms with Crippen molar-refractivity contribution in [1.82, 2.24) is 4.90 Å². The van der Waals surface area contributed by atoms with Crippen molar-refractivity contribution in [3.8, 4) is 0 Å². The van der Waals surface area contributed by atoms with Crippen LogP contribution in [0.1, 0.15) is 46.0 Å². The molecule has 1 saturated carbocycles. The summed E-state index contributed by atoms with van der Waals surface area (Å²) >= 11 is 0. The average molecular weight is 255 g/mol. The molecule has 18 heavy (non-hydrogen) atoms. The molecule has 2 aliphatic rings. The van der Waals surface area contributed by atoms with Crippen LogP contribution < -0.4 is 0 Å². The number of likely N-dealkylation sites (tertiary alicyclic amines) is 1. The molecule has 0 spiro atoms. The fourth-order valence-electron chi connectivity index (χ4n) is 3.05. The monoisotopic (exact) mass is 255 g/mol. The molecule has 0 aromatic heterocycles. The van der Waals surface area contributed by atoms with Gasteiger partial charge in [-0.05, 0) is 32.1 Å². The second-order valence-corrected chi connectivity index (χ2v) is 5.90. The molecule has 4 atom stereocenters. The first-order chi connectivity index (χ1) is 8.56. The minimum Gasteiger partial charge on any atom is -0.391 e. The van der Waals surface area contributed by atoms with Crippen molar-refractivity contribution in [3.05, 3.63) is 0 Å². The molecular weight excluding hydrogens is 230 g/mol. The molecule has 0 aromatic rings. The van der Waals surface area contributed by atoms with Crippen LogP contribution in [0.2, 0.25) is 0 Å². The first kappa shape index (κ1) is 13.8. The molecule has 0 aromatic carbocycles. The molecule has 1 saturated heterocycles. The lowest BCUT2D eigenvalue weighted by atomic mass is 9.88. The van der Waals surface area contributed by atoms with Gasteiger partial charge in [-0.25, -0.2) is 0 Å². The van der Waals surface area contributed by atoms with Gasteiger partial charge in [0.15, 0.2) is 0 Å². The van der Waals surface area contributed by atoms with E-state index in [-0.39, 0.29) is 24.2 Å². The molecular formula is C14H25NO3. The van der Waals surface area contributed by atoms with Crippen LogP contribution in [0.15, 0.2) is 0 Å². The normalized spacial score (nSPS) is 34.6. The summed E-state index contributed by atoms with van der Waals surface area (Å²) in [7, 11) is 0. The van der Waals surface area contributed by atoms with Gasteiger partial charge in [-0.1, -0.05) is 19.8 Å². The molecule has 1 N–H and O–H groups in total. The largest absolute Gasteiger partial charge is 0.391 e. The molecule has 0 bridgehead atoms. The summed E-state index contributed by atoms with van der Waals surface area (Å²) in [6.07, 6.45) is 4.83. The highest BCUT2D eigenvalue weighted by atomic mass is 16.5. The van der Waals surface area contributed by atoms with E-state index in [1.807, 2.05) is 6.92 Å². The zero-order valence-electron chi connectivity index (χ0n) is 11.5. The third-order valence-corrected chi connectivity index (χ3v) is 4.11. The van der Waals surface area contributed by atoms with Crippen LogP contribution in [0.5, 0.6) is 0 Å². The van der Waals surface area contributed by atoms with Gasteiger partial charge in [0.25, 0.3) is 5.91 Å². The third kappa shape index (κ3) is 3.45. The molecule has 1 aliphatic heterocycles. The Morgan fingerprint density at radius 2 is 2.17 bits per heavy atom. The van der Waals surface area contributed by atoms with Gasteiger partial charge >= 0.3 is 0 Å². The van der Waals surface area contributed by atoms with E-state index in [9.17, 15) is 9.90 Å². The zero-order chi connectivity index (χ0) is 13.1. The lowest BCUT2D eigenvalue weighted by Crippen LogP contribution is -2.40. The quantitative estimate of drug-likeness (QED) is 0.832. The number of aliphatic hydroxyl groups excluding tert-OH is 1. The van der Waals surface area contributed by atoms with Gasteiger partial charge in [0, 0.05) is 13.1 Å². The molecule has 4 nitrogen and oxygen atoms in total. The van der Waals surface area contributed by atoms with Crippen molar-refractivity contribution < 1.29 is 14.6 Å². The van der Waals surface area contributed by atoms with Crippen molar-refractivity contribution in [3.63, 3.8) is 0 Å². The number of nitrogens with zero attached hydrogens (tertiary/aromatic N) is 1. The Bertz CT molecular complexity index is 295. The number of amides is 1. The Kier molecular flexibility index (Phi) is 4.62. The van der Waals surface area contributed by atoms with Crippen molar-refractivity contribution in [2.24, 2.45) is 5.92 Å². The van der Waals surface area contributed by atoms with E-state index in [4.69, 9.17) is 4.74 Å². The van der Waals surface area contributed by atoms with E-state index < -0.39 is 0 Å². The second kappa shape index (κ2) is 6.02. The number of hydrogen-bond donors (Lipinski definition) is 1. The molecule has 4 heteroatoms. The highest BCUT2D eigenvalue weighted by Gasteiger charge is 2.30. The fourth-order valence-corrected chi connectivity index (χ4v) is 3.05.